The molecule has 3 aromatic heterocycles. The Balaban J connectivity index is 1.24. The van der Waals surface area contributed by atoms with E-state index in [4.69, 9.17) is 15.0 Å². The molecule has 0 aliphatic heterocycles. The lowest BCUT2D eigenvalue weighted by molar-refractivity contribution is 0.656. The number of hydrogen-bond acceptors (Lipinski definition) is 3. The van der Waals surface area contributed by atoms with Crippen molar-refractivity contribution >= 4 is 34.0 Å². The van der Waals surface area contributed by atoms with Crippen LogP contribution in [0.3, 0.4) is 0 Å². The largest absolute Gasteiger partial charge is 0.312 e. The van der Waals surface area contributed by atoms with Crippen LogP contribution in [0.1, 0.15) is 34.4 Å². The first-order valence-electron chi connectivity index (χ1n) is 16.4. The van der Waals surface area contributed by atoms with E-state index < -0.39 is 0 Å². The highest BCUT2D eigenvalue weighted by atomic mass is 15.2. The van der Waals surface area contributed by atoms with Crippen LogP contribution < -0.4 is 0 Å². The molecular formula is C43H29N5. The van der Waals surface area contributed by atoms with Crippen molar-refractivity contribution in [2.24, 2.45) is 0 Å². The first-order valence-corrected chi connectivity index (χ1v) is 16.4. The van der Waals surface area contributed by atoms with E-state index in [1.807, 2.05) is 36.4 Å². The molecule has 226 valence electrons. The first-order chi connectivity index (χ1) is 23.8. The third-order valence-corrected chi connectivity index (χ3v) is 9.76. The number of fused-ring (bicyclic) bond motifs is 9. The predicted molar refractivity (Wildman–Crippen MR) is 194 cm³/mol. The lowest BCUT2D eigenvalue weighted by Crippen LogP contribution is -2.21. The van der Waals surface area contributed by atoms with Gasteiger partial charge in [0.1, 0.15) is 0 Å². The summed E-state index contributed by atoms with van der Waals surface area (Å²) in [6.07, 6.45) is 9.45. The van der Waals surface area contributed by atoms with Gasteiger partial charge in [0.25, 0.3) is 0 Å². The molecule has 3 heterocycles. The molecule has 0 radical (unpaired) electrons. The van der Waals surface area contributed by atoms with Gasteiger partial charge in [-0.1, -0.05) is 140 Å². The molecule has 5 aromatic carbocycles. The van der Waals surface area contributed by atoms with Crippen LogP contribution in [0.25, 0.3) is 68.4 Å². The third-order valence-electron chi connectivity index (χ3n) is 9.76. The Bertz CT molecular complexity index is 2500. The summed E-state index contributed by atoms with van der Waals surface area (Å²) in [4.78, 5) is 15.4. The smallest absolute Gasteiger partial charge is 0.238 e. The molecule has 0 saturated carbocycles. The zero-order chi connectivity index (χ0) is 31.6. The Morgan fingerprint density at radius 2 is 0.854 bits per heavy atom. The van der Waals surface area contributed by atoms with E-state index in [2.05, 4.69) is 137 Å². The van der Waals surface area contributed by atoms with Crippen LogP contribution in [-0.4, -0.2) is 24.1 Å². The highest BCUT2D eigenvalue weighted by Gasteiger charge is 2.38. The molecular weight excluding hydrogens is 587 g/mol. The summed E-state index contributed by atoms with van der Waals surface area (Å²) in [6.45, 7) is 0. The molecule has 8 aromatic rings. The van der Waals surface area contributed by atoms with E-state index in [1.54, 1.807) is 0 Å². The second-order valence-electron chi connectivity index (χ2n) is 12.4. The maximum absolute atomic E-state index is 5.20. The van der Waals surface area contributed by atoms with Gasteiger partial charge in [0.2, 0.25) is 5.95 Å². The van der Waals surface area contributed by atoms with Crippen molar-refractivity contribution in [2.45, 2.75) is 11.8 Å². The Morgan fingerprint density at radius 3 is 1.40 bits per heavy atom. The maximum Gasteiger partial charge on any atom is 0.238 e. The average molecular weight is 616 g/mol. The number of rotatable bonds is 4. The van der Waals surface area contributed by atoms with Gasteiger partial charge < -0.3 is 4.57 Å². The number of benzene rings is 5. The van der Waals surface area contributed by atoms with Crippen molar-refractivity contribution in [3.63, 3.8) is 0 Å². The van der Waals surface area contributed by atoms with Gasteiger partial charge in [-0.05, 0) is 24.3 Å². The zero-order valence-corrected chi connectivity index (χ0v) is 26.0. The molecule has 2 aliphatic rings. The quantitative estimate of drug-likeness (QED) is 0.198. The normalized spacial score (nSPS) is 16.2. The van der Waals surface area contributed by atoms with Crippen LogP contribution in [0.4, 0.5) is 0 Å². The van der Waals surface area contributed by atoms with Gasteiger partial charge in [-0.3, -0.25) is 4.57 Å². The van der Waals surface area contributed by atoms with Crippen LogP contribution in [0.15, 0.2) is 152 Å². The fourth-order valence-electron chi connectivity index (χ4n) is 7.71. The van der Waals surface area contributed by atoms with Gasteiger partial charge in [-0.2, -0.15) is 9.97 Å². The summed E-state index contributed by atoms with van der Waals surface area (Å²) < 4.78 is 4.75. The lowest BCUT2D eigenvalue weighted by Gasteiger charge is -2.32. The first kappa shape index (κ1) is 26.8. The van der Waals surface area contributed by atoms with Crippen molar-refractivity contribution in [3.05, 3.63) is 174 Å². The minimum Gasteiger partial charge on any atom is -0.312 e. The van der Waals surface area contributed by atoms with Crippen molar-refractivity contribution in [1.82, 2.24) is 24.1 Å². The van der Waals surface area contributed by atoms with Crippen molar-refractivity contribution in [3.8, 4) is 34.4 Å². The van der Waals surface area contributed by atoms with Gasteiger partial charge in [-0.15, -0.1) is 0 Å². The summed E-state index contributed by atoms with van der Waals surface area (Å²) in [5, 5.41) is 2.45. The van der Waals surface area contributed by atoms with Crippen LogP contribution >= 0.6 is 0 Å². The van der Waals surface area contributed by atoms with E-state index in [0.717, 1.165) is 16.6 Å². The Labute approximate surface area is 277 Å². The van der Waals surface area contributed by atoms with Gasteiger partial charge in [0.15, 0.2) is 11.6 Å². The molecule has 0 bridgehead atoms. The van der Waals surface area contributed by atoms with Gasteiger partial charge in [0.05, 0.1) is 11.0 Å². The monoisotopic (exact) mass is 615 g/mol. The number of nitrogens with zero attached hydrogens (tertiary/aromatic N) is 5. The number of allylic oxidation sites excluding steroid dienone is 2. The van der Waals surface area contributed by atoms with Crippen LogP contribution in [0, 0.1) is 0 Å². The molecule has 5 heteroatoms. The predicted octanol–water partition coefficient (Wildman–Crippen LogP) is 10.0. The van der Waals surface area contributed by atoms with Crippen molar-refractivity contribution < 1.29 is 0 Å². The number of aromatic nitrogens is 5. The molecule has 0 spiro atoms. The molecule has 48 heavy (non-hydrogen) atoms. The SMILES string of the molecule is C1=CC2c3c(c4ccccc4n3-c3nc(-c4ccccc4)nc(-c4ccccc4)n3)C=CC2c2c1c1ccccc1n2-c1ccccc1. The molecule has 0 N–H and O–H groups in total. The molecule has 2 aliphatic carbocycles. The topological polar surface area (TPSA) is 48.5 Å². The number of para-hydroxylation sites is 3. The fourth-order valence-corrected chi connectivity index (χ4v) is 7.71. The van der Waals surface area contributed by atoms with Gasteiger partial charge in [0, 0.05) is 61.9 Å². The third kappa shape index (κ3) is 4.01. The minimum absolute atomic E-state index is 0.0637. The van der Waals surface area contributed by atoms with Crippen LogP contribution in [0.5, 0.6) is 0 Å². The zero-order valence-electron chi connectivity index (χ0n) is 26.0. The molecule has 10 rings (SSSR count). The number of hydrogen-bond donors (Lipinski definition) is 0. The molecule has 0 fully saturated rings. The highest BCUT2D eigenvalue weighted by Crippen LogP contribution is 2.51. The Morgan fingerprint density at radius 1 is 0.417 bits per heavy atom. The van der Waals surface area contributed by atoms with E-state index in [9.17, 15) is 0 Å². The van der Waals surface area contributed by atoms with Crippen molar-refractivity contribution in [1.29, 1.82) is 0 Å². The summed E-state index contributed by atoms with van der Waals surface area (Å²) in [7, 11) is 0. The van der Waals surface area contributed by atoms with E-state index in [0.29, 0.717) is 17.6 Å². The van der Waals surface area contributed by atoms with E-state index in [-0.39, 0.29) is 11.8 Å². The lowest BCUT2D eigenvalue weighted by atomic mass is 9.76. The van der Waals surface area contributed by atoms with E-state index >= 15 is 0 Å². The summed E-state index contributed by atoms with van der Waals surface area (Å²) in [5.74, 6) is 2.10. The van der Waals surface area contributed by atoms with Crippen LogP contribution in [0.2, 0.25) is 0 Å². The second kappa shape index (κ2) is 10.6. The summed E-state index contributed by atoms with van der Waals surface area (Å²) >= 11 is 0. The maximum atomic E-state index is 5.20. The molecule has 2 atom stereocenters. The second-order valence-corrected chi connectivity index (χ2v) is 12.4. The highest BCUT2D eigenvalue weighted by molar-refractivity contribution is 5.97. The standard InChI is InChI=1S/C43H29N5/c1-4-14-28(15-5-1)41-44-42(29-16-6-2-7-17-29)46-43(45-41)48-38-23-13-11-21-32(38)34-25-26-35-36(40(34)48)27-24-33-31-20-10-12-22-37(31)47(39(33)35)30-18-8-3-9-19-30/h1-27,35-36H. The Kier molecular flexibility index (Phi) is 5.93. The fraction of sp³-hybridized carbons (Fsp3) is 0.0465. The Hall–Kier alpha value is -6.33. The van der Waals surface area contributed by atoms with Crippen molar-refractivity contribution in [2.75, 3.05) is 0 Å². The van der Waals surface area contributed by atoms with E-state index in [1.165, 1.54) is 44.5 Å². The average Bonchev–Trinajstić information content (AvgIpc) is 3.69. The van der Waals surface area contributed by atoms with Crippen LogP contribution in [-0.2, 0) is 0 Å². The van der Waals surface area contributed by atoms with Gasteiger partial charge >= 0.3 is 0 Å². The molecule has 0 saturated heterocycles. The molecule has 2 unspecified atom stereocenters. The summed E-state index contributed by atoms with van der Waals surface area (Å²) in [6, 6.07) is 48.5. The molecule has 0 amide bonds. The van der Waals surface area contributed by atoms with Gasteiger partial charge in [-0.25, -0.2) is 4.98 Å². The summed E-state index contributed by atoms with van der Waals surface area (Å²) in [5.41, 5.74) is 10.4. The molecule has 5 nitrogen and oxygen atoms in total. The minimum atomic E-state index is 0.0637.